The molecule has 2 aromatic rings. The highest BCUT2D eigenvalue weighted by Crippen LogP contribution is 2.48. The van der Waals surface area contributed by atoms with Crippen molar-refractivity contribution in [3.63, 3.8) is 0 Å². The van der Waals surface area contributed by atoms with Crippen molar-refractivity contribution in [1.29, 1.82) is 0 Å². The van der Waals surface area contributed by atoms with Gasteiger partial charge in [0.15, 0.2) is 0 Å². The first-order valence-electron chi connectivity index (χ1n) is 6.24. The van der Waals surface area contributed by atoms with E-state index in [-0.39, 0.29) is 41.9 Å². The molecule has 0 saturated heterocycles. The van der Waals surface area contributed by atoms with Gasteiger partial charge in [-0.2, -0.15) is 13.2 Å². The molecule has 134 valence electrons. The Hall–Kier alpha value is -0.920. The number of hydrogen-bond donors (Lipinski definition) is 1. The quantitative estimate of drug-likeness (QED) is 0.418. The van der Waals surface area contributed by atoms with E-state index in [1.54, 1.807) is 0 Å². The van der Waals surface area contributed by atoms with Crippen LogP contribution in [0.3, 0.4) is 0 Å². The molecule has 0 amide bonds. The summed E-state index contributed by atoms with van der Waals surface area (Å²) < 4.78 is 38.6. The smallest absolute Gasteiger partial charge is 0.417 e. The number of carboxylic acids is 1. The van der Waals surface area contributed by atoms with Gasteiger partial charge >= 0.3 is 12.1 Å². The van der Waals surface area contributed by atoms with Gasteiger partial charge in [0.2, 0.25) is 0 Å². The number of carbonyl (C=O) groups is 1. The van der Waals surface area contributed by atoms with Crippen LogP contribution in [0.25, 0.3) is 11.3 Å². The van der Waals surface area contributed by atoms with Crippen LogP contribution >= 0.6 is 58.0 Å². The molecule has 11 heteroatoms. The van der Waals surface area contributed by atoms with E-state index in [0.717, 1.165) is 0 Å². The number of alkyl halides is 3. The van der Waals surface area contributed by atoms with Gasteiger partial charge in [0, 0.05) is 11.8 Å². The van der Waals surface area contributed by atoms with Crippen molar-refractivity contribution in [3.05, 3.63) is 48.5 Å². The Labute approximate surface area is 164 Å². The van der Waals surface area contributed by atoms with Crippen molar-refractivity contribution in [2.45, 2.75) is 12.6 Å². The molecule has 0 saturated carbocycles. The number of halogens is 8. The van der Waals surface area contributed by atoms with Gasteiger partial charge in [0.05, 0.1) is 42.8 Å². The lowest BCUT2D eigenvalue weighted by Gasteiger charge is -2.16. The van der Waals surface area contributed by atoms with Gasteiger partial charge in [-0.1, -0.05) is 58.0 Å². The first-order valence-corrected chi connectivity index (χ1v) is 8.13. The fraction of sp³-hybridized carbons (Fsp3) is 0.143. The zero-order valence-electron chi connectivity index (χ0n) is 11.7. The number of carboxylic acid groups (broad SMARTS) is 1. The van der Waals surface area contributed by atoms with E-state index in [1.165, 1.54) is 0 Å². The summed E-state index contributed by atoms with van der Waals surface area (Å²) in [6.07, 6.45) is -4.93. The van der Waals surface area contributed by atoms with Gasteiger partial charge in [0.1, 0.15) is 0 Å². The summed E-state index contributed by atoms with van der Waals surface area (Å²) in [7, 11) is 0. The molecule has 0 aliphatic carbocycles. The maximum absolute atomic E-state index is 12.9. The lowest BCUT2D eigenvalue weighted by molar-refractivity contribution is -0.139. The molecule has 0 fully saturated rings. The van der Waals surface area contributed by atoms with Crippen LogP contribution in [0, 0.1) is 0 Å². The molecule has 1 aromatic heterocycles. The van der Waals surface area contributed by atoms with Crippen LogP contribution in [0.15, 0.2) is 12.3 Å². The zero-order valence-corrected chi connectivity index (χ0v) is 15.5. The predicted octanol–water partition coefficient (Wildman–Crippen LogP) is 6.66. The second kappa shape index (κ2) is 7.37. The Morgan fingerprint density at radius 1 is 1.00 bits per heavy atom. The average Bonchev–Trinajstić information content (AvgIpc) is 2.51. The fourth-order valence-electron chi connectivity index (χ4n) is 2.00. The summed E-state index contributed by atoms with van der Waals surface area (Å²) in [5.41, 5.74) is -1.68. The summed E-state index contributed by atoms with van der Waals surface area (Å²) >= 11 is 29.9. The summed E-state index contributed by atoms with van der Waals surface area (Å²) in [6.45, 7) is 0. The van der Waals surface area contributed by atoms with Crippen molar-refractivity contribution in [2.24, 2.45) is 0 Å². The molecule has 0 bridgehead atoms. The number of hydrogen-bond acceptors (Lipinski definition) is 2. The number of aromatic nitrogens is 1. The minimum Gasteiger partial charge on any atom is -0.481 e. The Kier molecular flexibility index (Phi) is 6.01. The van der Waals surface area contributed by atoms with Gasteiger partial charge in [-0.3, -0.25) is 9.78 Å². The number of rotatable bonds is 3. The van der Waals surface area contributed by atoms with Crippen LogP contribution in [0.5, 0.6) is 0 Å². The number of benzene rings is 1. The van der Waals surface area contributed by atoms with E-state index < -0.39 is 24.1 Å². The molecule has 1 aromatic carbocycles. The molecule has 3 nitrogen and oxygen atoms in total. The Bertz CT molecular complexity index is 842. The molecule has 0 atom stereocenters. The Balaban J connectivity index is 2.82. The summed E-state index contributed by atoms with van der Waals surface area (Å²) in [6, 6.07) is 0.652. The molecule has 0 aliphatic rings. The molecule has 1 N–H and O–H groups in total. The standard InChI is InChI=1S/C14H5Cl5F3NO2/c15-8-7(9(16)11(18)12(19)10(8)17)13-4(2-6(24)25)1-5(3-23-13)14(20,21)22/h1,3H,2H2,(H,24,25). The Morgan fingerprint density at radius 2 is 1.48 bits per heavy atom. The maximum atomic E-state index is 12.9. The fourth-order valence-corrected chi connectivity index (χ4v) is 3.32. The highest BCUT2D eigenvalue weighted by atomic mass is 35.5. The second-order valence-corrected chi connectivity index (χ2v) is 6.63. The lowest BCUT2D eigenvalue weighted by atomic mass is 10.0. The van der Waals surface area contributed by atoms with Gasteiger partial charge in [-0.25, -0.2) is 0 Å². The predicted molar refractivity (Wildman–Crippen MR) is 91.1 cm³/mol. The molecule has 0 radical (unpaired) electrons. The van der Waals surface area contributed by atoms with Crippen LogP contribution in [0.4, 0.5) is 13.2 Å². The van der Waals surface area contributed by atoms with Crippen molar-refractivity contribution in [2.75, 3.05) is 0 Å². The van der Waals surface area contributed by atoms with E-state index in [2.05, 4.69) is 4.98 Å². The van der Waals surface area contributed by atoms with Gasteiger partial charge in [0.25, 0.3) is 0 Å². The molecular weight excluding hydrogens is 448 g/mol. The van der Waals surface area contributed by atoms with Crippen LogP contribution < -0.4 is 0 Å². The molecule has 0 spiro atoms. The van der Waals surface area contributed by atoms with E-state index in [0.29, 0.717) is 12.3 Å². The first-order chi connectivity index (χ1) is 11.4. The maximum Gasteiger partial charge on any atom is 0.417 e. The van der Waals surface area contributed by atoms with Crippen molar-refractivity contribution >= 4 is 64.0 Å². The van der Waals surface area contributed by atoms with Crippen molar-refractivity contribution < 1.29 is 23.1 Å². The van der Waals surface area contributed by atoms with Gasteiger partial charge in [-0.05, 0) is 11.6 Å². The SMILES string of the molecule is O=C(O)Cc1cc(C(F)(F)F)cnc1-c1c(Cl)c(Cl)c(Cl)c(Cl)c1Cl. The van der Waals surface area contributed by atoms with E-state index in [1.807, 2.05) is 0 Å². The van der Waals surface area contributed by atoms with Crippen LogP contribution in [0.1, 0.15) is 11.1 Å². The van der Waals surface area contributed by atoms with E-state index in [9.17, 15) is 18.0 Å². The third kappa shape index (κ3) is 4.09. The highest BCUT2D eigenvalue weighted by molar-refractivity contribution is 6.56. The summed E-state index contributed by atoms with van der Waals surface area (Å²) in [5.74, 6) is -1.37. The highest BCUT2D eigenvalue weighted by Gasteiger charge is 2.33. The minimum absolute atomic E-state index is 0.104. The topological polar surface area (TPSA) is 50.2 Å². The van der Waals surface area contributed by atoms with Crippen LogP contribution in [-0.2, 0) is 17.4 Å². The molecule has 0 unspecified atom stereocenters. The number of pyridine rings is 1. The molecule has 0 aliphatic heterocycles. The third-order valence-corrected chi connectivity index (χ3v) is 5.36. The van der Waals surface area contributed by atoms with E-state index >= 15 is 0 Å². The summed E-state index contributed by atoms with van der Waals surface area (Å²) in [4.78, 5) is 14.7. The lowest BCUT2D eigenvalue weighted by Crippen LogP contribution is -2.10. The van der Waals surface area contributed by atoms with Crippen molar-refractivity contribution in [1.82, 2.24) is 4.98 Å². The summed E-state index contributed by atoms with van der Waals surface area (Å²) in [5, 5.41) is 8.05. The first kappa shape index (κ1) is 20.4. The molecule has 1 heterocycles. The number of aliphatic carboxylic acids is 1. The largest absolute Gasteiger partial charge is 0.481 e. The average molecular weight is 453 g/mol. The third-order valence-electron chi connectivity index (χ3n) is 3.08. The van der Waals surface area contributed by atoms with Crippen LogP contribution in [0.2, 0.25) is 25.1 Å². The second-order valence-electron chi connectivity index (χ2n) is 4.74. The minimum atomic E-state index is -4.71. The molecule has 25 heavy (non-hydrogen) atoms. The van der Waals surface area contributed by atoms with Crippen LogP contribution in [-0.4, -0.2) is 16.1 Å². The zero-order chi connectivity index (χ0) is 19.1. The molecule has 2 rings (SSSR count). The normalized spacial score (nSPS) is 11.7. The van der Waals surface area contributed by atoms with Crippen molar-refractivity contribution in [3.8, 4) is 11.3 Å². The van der Waals surface area contributed by atoms with E-state index in [4.69, 9.17) is 63.1 Å². The van der Waals surface area contributed by atoms with Gasteiger partial charge in [-0.15, -0.1) is 0 Å². The monoisotopic (exact) mass is 451 g/mol. The Morgan fingerprint density at radius 3 is 1.92 bits per heavy atom. The molecular formula is C14H5Cl5F3NO2. The van der Waals surface area contributed by atoms with Gasteiger partial charge < -0.3 is 5.11 Å². The number of nitrogens with zero attached hydrogens (tertiary/aromatic N) is 1.